The van der Waals surface area contributed by atoms with E-state index in [0.29, 0.717) is 18.5 Å². The third-order valence-corrected chi connectivity index (χ3v) is 4.31. The van der Waals surface area contributed by atoms with Gasteiger partial charge in [0, 0.05) is 6.04 Å². The van der Waals surface area contributed by atoms with Crippen molar-refractivity contribution in [1.82, 2.24) is 15.0 Å². The molecule has 1 saturated heterocycles. The summed E-state index contributed by atoms with van der Waals surface area (Å²) in [5.41, 5.74) is 9.59. The molecule has 1 aliphatic rings. The van der Waals surface area contributed by atoms with Crippen LogP contribution in [0.2, 0.25) is 0 Å². The average Bonchev–Trinajstić information content (AvgIpc) is 3.11. The Labute approximate surface area is 125 Å². The standard InChI is InChI=1S/C16H22N4O/c1-11-5-6-13(8-12(11)2)14-4-3-7-20(14)10-15-18-16(9-17)21-19-15/h5-6,8,14H,3-4,7,9-10,17H2,1-2H3. The van der Waals surface area contributed by atoms with Crippen molar-refractivity contribution in [1.29, 1.82) is 0 Å². The minimum atomic E-state index is 0.299. The maximum atomic E-state index is 5.51. The van der Waals surface area contributed by atoms with Gasteiger partial charge >= 0.3 is 0 Å². The molecule has 0 bridgehead atoms. The molecule has 3 rings (SSSR count). The first-order valence-electron chi connectivity index (χ1n) is 7.50. The predicted octanol–water partition coefficient (Wildman–Crippen LogP) is 2.48. The second-order valence-electron chi connectivity index (χ2n) is 5.78. The Morgan fingerprint density at radius 3 is 2.90 bits per heavy atom. The third kappa shape index (κ3) is 2.99. The smallest absolute Gasteiger partial charge is 0.240 e. The minimum absolute atomic E-state index is 0.299. The van der Waals surface area contributed by atoms with E-state index in [1.165, 1.54) is 29.5 Å². The molecular weight excluding hydrogens is 264 g/mol. The van der Waals surface area contributed by atoms with Crippen LogP contribution in [-0.2, 0) is 13.1 Å². The monoisotopic (exact) mass is 286 g/mol. The molecule has 5 heteroatoms. The van der Waals surface area contributed by atoms with Gasteiger partial charge in [-0.15, -0.1) is 0 Å². The lowest BCUT2D eigenvalue weighted by molar-refractivity contribution is 0.238. The van der Waals surface area contributed by atoms with Gasteiger partial charge in [0.1, 0.15) is 0 Å². The number of aromatic nitrogens is 2. The summed E-state index contributed by atoms with van der Waals surface area (Å²) in [7, 11) is 0. The summed E-state index contributed by atoms with van der Waals surface area (Å²) in [5.74, 6) is 1.23. The highest BCUT2D eigenvalue weighted by Crippen LogP contribution is 2.33. The lowest BCUT2D eigenvalue weighted by atomic mass is 9.99. The Kier molecular flexibility index (Phi) is 4.03. The van der Waals surface area contributed by atoms with Crippen LogP contribution in [0.4, 0.5) is 0 Å². The molecule has 112 valence electrons. The van der Waals surface area contributed by atoms with Crippen molar-refractivity contribution < 1.29 is 4.52 Å². The van der Waals surface area contributed by atoms with Crippen LogP contribution in [0.1, 0.15) is 47.3 Å². The molecule has 1 atom stereocenters. The highest BCUT2D eigenvalue weighted by molar-refractivity contribution is 5.32. The van der Waals surface area contributed by atoms with Gasteiger partial charge in [0.15, 0.2) is 5.82 Å². The van der Waals surface area contributed by atoms with Gasteiger partial charge in [-0.2, -0.15) is 4.98 Å². The SMILES string of the molecule is Cc1ccc(C2CCCN2Cc2noc(CN)n2)cc1C. The third-order valence-electron chi connectivity index (χ3n) is 4.31. The number of likely N-dealkylation sites (tertiary alicyclic amines) is 1. The lowest BCUT2D eigenvalue weighted by Crippen LogP contribution is -2.23. The molecule has 2 N–H and O–H groups in total. The zero-order chi connectivity index (χ0) is 14.8. The van der Waals surface area contributed by atoms with E-state index in [2.05, 4.69) is 47.1 Å². The quantitative estimate of drug-likeness (QED) is 0.935. The van der Waals surface area contributed by atoms with Crippen LogP contribution in [0.3, 0.4) is 0 Å². The van der Waals surface area contributed by atoms with Crippen LogP contribution in [-0.4, -0.2) is 21.6 Å². The second kappa shape index (κ2) is 5.95. The van der Waals surface area contributed by atoms with E-state index in [1.54, 1.807) is 0 Å². The van der Waals surface area contributed by atoms with E-state index < -0.39 is 0 Å². The van der Waals surface area contributed by atoms with Gasteiger partial charge in [0.2, 0.25) is 5.89 Å². The van der Waals surface area contributed by atoms with Gasteiger partial charge in [0.05, 0.1) is 13.1 Å². The molecule has 1 aliphatic heterocycles. The Hall–Kier alpha value is -1.72. The minimum Gasteiger partial charge on any atom is -0.338 e. The molecule has 0 saturated carbocycles. The van der Waals surface area contributed by atoms with Crippen LogP contribution in [0.5, 0.6) is 0 Å². The highest BCUT2D eigenvalue weighted by Gasteiger charge is 2.27. The summed E-state index contributed by atoms with van der Waals surface area (Å²) in [6.07, 6.45) is 2.39. The average molecular weight is 286 g/mol. The van der Waals surface area contributed by atoms with Crippen molar-refractivity contribution >= 4 is 0 Å². The Morgan fingerprint density at radius 1 is 1.33 bits per heavy atom. The Balaban J connectivity index is 1.76. The van der Waals surface area contributed by atoms with E-state index in [9.17, 15) is 0 Å². The molecule has 2 heterocycles. The van der Waals surface area contributed by atoms with Gasteiger partial charge in [0.25, 0.3) is 0 Å². The fourth-order valence-electron chi connectivity index (χ4n) is 2.98. The number of hydrogen-bond donors (Lipinski definition) is 1. The number of benzene rings is 1. The van der Waals surface area contributed by atoms with Crippen molar-refractivity contribution in [2.24, 2.45) is 5.73 Å². The van der Waals surface area contributed by atoms with Gasteiger partial charge in [-0.3, -0.25) is 4.90 Å². The molecule has 1 aromatic carbocycles. The van der Waals surface area contributed by atoms with Crippen LogP contribution < -0.4 is 5.73 Å². The molecule has 21 heavy (non-hydrogen) atoms. The molecule has 0 aliphatic carbocycles. The number of aryl methyl sites for hydroxylation is 2. The molecule has 1 aromatic heterocycles. The molecule has 0 amide bonds. The van der Waals surface area contributed by atoms with E-state index in [1.807, 2.05) is 0 Å². The number of rotatable bonds is 4. The normalized spacial score (nSPS) is 19.3. The zero-order valence-electron chi connectivity index (χ0n) is 12.7. The Bertz CT molecular complexity index is 622. The molecule has 2 aromatic rings. The van der Waals surface area contributed by atoms with Crippen molar-refractivity contribution in [2.45, 2.75) is 45.8 Å². The van der Waals surface area contributed by atoms with Gasteiger partial charge < -0.3 is 10.3 Å². The molecule has 1 unspecified atom stereocenters. The lowest BCUT2D eigenvalue weighted by Gasteiger charge is -2.24. The summed E-state index contributed by atoms with van der Waals surface area (Å²) < 4.78 is 5.09. The highest BCUT2D eigenvalue weighted by atomic mass is 16.5. The van der Waals surface area contributed by atoms with E-state index >= 15 is 0 Å². The zero-order valence-corrected chi connectivity index (χ0v) is 12.7. The molecule has 0 radical (unpaired) electrons. The first-order valence-corrected chi connectivity index (χ1v) is 7.50. The van der Waals surface area contributed by atoms with Gasteiger partial charge in [-0.25, -0.2) is 0 Å². The van der Waals surface area contributed by atoms with E-state index in [4.69, 9.17) is 10.3 Å². The number of hydrogen-bond acceptors (Lipinski definition) is 5. The summed E-state index contributed by atoms with van der Waals surface area (Å²) in [6, 6.07) is 7.21. The Morgan fingerprint density at radius 2 is 2.19 bits per heavy atom. The van der Waals surface area contributed by atoms with Crippen LogP contribution in [0.25, 0.3) is 0 Å². The number of nitrogens with zero attached hydrogens (tertiary/aromatic N) is 3. The van der Waals surface area contributed by atoms with E-state index in [-0.39, 0.29) is 0 Å². The molecule has 5 nitrogen and oxygen atoms in total. The summed E-state index contributed by atoms with van der Waals surface area (Å²) in [5, 5.41) is 4.00. The van der Waals surface area contributed by atoms with Crippen LogP contribution in [0, 0.1) is 13.8 Å². The topological polar surface area (TPSA) is 68.2 Å². The second-order valence-corrected chi connectivity index (χ2v) is 5.78. The first-order chi connectivity index (χ1) is 10.2. The van der Waals surface area contributed by atoms with E-state index in [0.717, 1.165) is 18.9 Å². The molecule has 0 spiro atoms. The van der Waals surface area contributed by atoms with Crippen molar-refractivity contribution in [2.75, 3.05) is 6.54 Å². The van der Waals surface area contributed by atoms with Gasteiger partial charge in [-0.1, -0.05) is 23.4 Å². The maximum absolute atomic E-state index is 5.51. The van der Waals surface area contributed by atoms with Gasteiger partial charge in [-0.05, 0) is 49.9 Å². The van der Waals surface area contributed by atoms with Crippen molar-refractivity contribution in [3.63, 3.8) is 0 Å². The first kappa shape index (κ1) is 14.2. The fraction of sp³-hybridized carbons (Fsp3) is 0.500. The van der Waals surface area contributed by atoms with Crippen molar-refractivity contribution in [3.8, 4) is 0 Å². The summed E-state index contributed by atoms with van der Waals surface area (Å²) >= 11 is 0. The van der Waals surface area contributed by atoms with Crippen molar-refractivity contribution in [3.05, 3.63) is 46.6 Å². The van der Waals surface area contributed by atoms with Crippen LogP contribution in [0.15, 0.2) is 22.7 Å². The number of nitrogens with two attached hydrogens (primary N) is 1. The molecule has 1 fully saturated rings. The predicted molar refractivity (Wildman–Crippen MR) is 80.5 cm³/mol. The summed E-state index contributed by atoms with van der Waals surface area (Å²) in [4.78, 5) is 6.73. The van der Waals surface area contributed by atoms with Crippen LogP contribution >= 0.6 is 0 Å². The molecular formula is C16H22N4O. The maximum Gasteiger partial charge on any atom is 0.240 e. The largest absolute Gasteiger partial charge is 0.338 e. The fourth-order valence-corrected chi connectivity index (χ4v) is 2.98. The summed E-state index contributed by atoms with van der Waals surface area (Å²) in [6.45, 7) is 6.42.